The summed E-state index contributed by atoms with van der Waals surface area (Å²) < 4.78 is 5.33. The largest absolute Gasteiger partial charge is 0.464 e. The molecule has 20 heavy (non-hydrogen) atoms. The van der Waals surface area contributed by atoms with Gasteiger partial charge in [-0.1, -0.05) is 41.0 Å². The maximum Gasteiger partial charge on any atom is 0.312 e. The van der Waals surface area contributed by atoms with E-state index in [9.17, 15) is 4.79 Å². The molecule has 0 saturated carbocycles. The van der Waals surface area contributed by atoms with E-state index < -0.39 is 5.41 Å². The summed E-state index contributed by atoms with van der Waals surface area (Å²) in [5.74, 6) is -0.124. The van der Waals surface area contributed by atoms with Crippen molar-refractivity contribution in [3.8, 4) is 0 Å². The SMILES string of the molecule is CC(C)(C)NCCOC(=O)C(C)(C)C(C)(C)C.CCC. The summed E-state index contributed by atoms with van der Waals surface area (Å²) in [5, 5.41) is 3.29. The molecule has 0 unspecified atom stereocenters. The number of carbonyl (C=O) groups excluding carboxylic acids is 1. The molecule has 1 N–H and O–H groups in total. The molecule has 3 nitrogen and oxygen atoms in total. The molecule has 0 heterocycles. The average Bonchev–Trinajstić information content (AvgIpc) is 2.22. The number of rotatable bonds is 4. The van der Waals surface area contributed by atoms with Crippen molar-refractivity contribution < 1.29 is 9.53 Å². The van der Waals surface area contributed by atoms with Crippen molar-refractivity contribution in [2.45, 2.75) is 81.2 Å². The molecule has 0 saturated heterocycles. The zero-order valence-corrected chi connectivity index (χ0v) is 15.4. The quantitative estimate of drug-likeness (QED) is 0.615. The van der Waals surface area contributed by atoms with Gasteiger partial charge >= 0.3 is 5.97 Å². The first-order valence-corrected chi connectivity index (χ1v) is 7.71. The Bertz CT molecular complexity index is 270. The minimum Gasteiger partial charge on any atom is -0.464 e. The van der Waals surface area contributed by atoms with Crippen LogP contribution in [0.15, 0.2) is 0 Å². The van der Waals surface area contributed by atoms with Crippen molar-refractivity contribution in [1.29, 1.82) is 0 Å². The van der Waals surface area contributed by atoms with E-state index in [0.717, 1.165) is 0 Å². The van der Waals surface area contributed by atoms with Gasteiger partial charge in [0.15, 0.2) is 0 Å². The molecule has 0 rings (SSSR count). The van der Waals surface area contributed by atoms with Crippen molar-refractivity contribution in [3.63, 3.8) is 0 Å². The Balaban J connectivity index is 0. The minimum atomic E-state index is -0.464. The van der Waals surface area contributed by atoms with Crippen molar-refractivity contribution in [3.05, 3.63) is 0 Å². The maximum atomic E-state index is 12.0. The van der Waals surface area contributed by atoms with Crippen LogP contribution in [0, 0.1) is 10.8 Å². The summed E-state index contributed by atoms with van der Waals surface area (Å²) in [6.07, 6.45) is 1.25. The van der Waals surface area contributed by atoms with Crippen LogP contribution in [-0.4, -0.2) is 24.7 Å². The highest BCUT2D eigenvalue weighted by Gasteiger charge is 2.41. The van der Waals surface area contributed by atoms with Crippen molar-refractivity contribution in [2.75, 3.05) is 13.2 Å². The molecule has 0 aromatic rings. The molecule has 0 aliphatic rings. The van der Waals surface area contributed by atoms with Gasteiger partial charge in [0.2, 0.25) is 0 Å². The Morgan fingerprint density at radius 1 is 0.950 bits per heavy atom. The monoisotopic (exact) mass is 287 g/mol. The second-order valence-electron chi connectivity index (χ2n) is 7.89. The molecule has 0 aliphatic carbocycles. The number of nitrogens with one attached hydrogen (secondary N) is 1. The van der Waals surface area contributed by atoms with Crippen LogP contribution in [0.3, 0.4) is 0 Å². The van der Waals surface area contributed by atoms with Crippen molar-refractivity contribution in [2.24, 2.45) is 10.8 Å². The molecule has 0 bridgehead atoms. The molecule has 0 radical (unpaired) electrons. The molecular weight excluding hydrogens is 250 g/mol. The van der Waals surface area contributed by atoms with Gasteiger partial charge < -0.3 is 10.1 Å². The number of esters is 1. The zero-order valence-electron chi connectivity index (χ0n) is 15.4. The molecule has 122 valence electrons. The summed E-state index contributed by atoms with van der Waals surface area (Å²) >= 11 is 0. The fraction of sp³-hybridized carbons (Fsp3) is 0.941. The molecule has 3 heteroatoms. The molecule has 0 spiro atoms. The summed E-state index contributed by atoms with van der Waals surface area (Å²) in [6.45, 7) is 21.7. The zero-order chi connectivity index (χ0) is 16.6. The van der Waals surface area contributed by atoms with Gasteiger partial charge in [0.1, 0.15) is 6.61 Å². The van der Waals surface area contributed by atoms with Crippen LogP contribution in [0.5, 0.6) is 0 Å². The van der Waals surface area contributed by atoms with Crippen LogP contribution >= 0.6 is 0 Å². The first-order chi connectivity index (χ1) is 8.79. The Kier molecular flexibility index (Phi) is 9.40. The van der Waals surface area contributed by atoms with Crippen LogP contribution in [0.2, 0.25) is 0 Å². The summed E-state index contributed by atoms with van der Waals surface area (Å²) in [5.41, 5.74) is -0.498. The normalized spacial score (nSPS) is 12.5. The molecule has 0 aliphatic heterocycles. The van der Waals surface area contributed by atoms with Gasteiger partial charge in [0.05, 0.1) is 5.41 Å². The van der Waals surface area contributed by atoms with E-state index in [4.69, 9.17) is 4.74 Å². The highest BCUT2D eigenvalue weighted by Crippen LogP contribution is 2.38. The van der Waals surface area contributed by atoms with Crippen LogP contribution in [0.25, 0.3) is 0 Å². The van der Waals surface area contributed by atoms with Gasteiger partial charge in [0.25, 0.3) is 0 Å². The Morgan fingerprint density at radius 2 is 1.35 bits per heavy atom. The van der Waals surface area contributed by atoms with Crippen LogP contribution < -0.4 is 5.32 Å². The Hall–Kier alpha value is -0.570. The third-order valence-corrected chi connectivity index (χ3v) is 3.38. The lowest BCUT2D eigenvalue weighted by atomic mass is 9.69. The smallest absolute Gasteiger partial charge is 0.312 e. The summed E-state index contributed by atoms with van der Waals surface area (Å²) in [4.78, 5) is 12.0. The molecule has 0 fully saturated rings. The maximum absolute atomic E-state index is 12.0. The average molecular weight is 287 g/mol. The topological polar surface area (TPSA) is 38.3 Å². The highest BCUT2D eigenvalue weighted by molar-refractivity contribution is 5.76. The van der Waals surface area contributed by atoms with E-state index >= 15 is 0 Å². The lowest BCUT2D eigenvalue weighted by Gasteiger charge is -2.36. The number of hydrogen-bond acceptors (Lipinski definition) is 3. The van der Waals surface area contributed by atoms with Crippen LogP contribution in [0.4, 0.5) is 0 Å². The fourth-order valence-corrected chi connectivity index (χ4v) is 1.06. The first kappa shape index (κ1) is 21.7. The van der Waals surface area contributed by atoms with E-state index in [1.807, 2.05) is 13.8 Å². The summed E-state index contributed by atoms with van der Waals surface area (Å²) in [6, 6.07) is 0. The first-order valence-electron chi connectivity index (χ1n) is 7.71. The Labute approximate surface area is 126 Å². The van der Waals surface area contributed by atoms with Gasteiger partial charge in [0, 0.05) is 12.1 Å². The fourth-order valence-electron chi connectivity index (χ4n) is 1.06. The molecular formula is C17H37NO2. The molecule has 0 atom stereocenters. The van der Waals surface area contributed by atoms with Crippen LogP contribution in [-0.2, 0) is 9.53 Å². The molecule has 0 aromatic heterocycles. The van der Waals surface area contributed by atoms with Gasteiger partial charge in [-0.2, -0.15) is 0 Å². The molecule has 0 amide bonds. The van der Waals surface area contributed by atoms with Gasteiger partial charge in [-0.05, 0) is 40.0 Å². The summed E-state index contributed by atoms with van der Waals surface area (Å²) in [7, 11) is 0. The van der Waals surface area contributed by atoms with Crippen molar-refractivity contribution in [1.82, 2.24) is 5.32 Å². The lowest BCUT2D eigenvalue weighted by Crippen LogP contribution is -2.41. The standard InChI is InChI=1S/C14H29NO2.C3H8/c1-12(2,3)14(7,8)11(16)17-10-9-15-13(4,5)6;1-3-2/h15H,9-10H2,1-8H3;3H2,1-2H3. The number of hydrogen-bond donors (Lipinski definition) is 1. The Morgan fingerprint density at radius 3 is 1.65 bits per heavy atom. The number of carbonyl (C=O) groups is 1. The van der Waals surface area contributed by atoms with E-state index in [0.29, 0.717) is 13.2 Å². The van der Waals surface area contributed by atoms with E-state index in [1.165, 1.54) is 6.42 Å². The number of ether oxygens (including phenoxy) is 1. The third-order valence-electron chi connectivity index (χ3n) is 3.38. The second kappa shape index (κ2) is 8.66. The van der Waals surface area contributed by atoms with E-state index in [2.05, 4.69) is 60.7 Å². The third kappa shape index (κ3) is 9.35. The lowest BCUT2D eigenvalue weighted by molar-refractivity contribution is -0.160. The predicted octanol–water partition coefficient (Wildman–Crippen LogP) is 4.41. The second-order valence-corrected chi connectivity index (χ2v) is 7.89. The van der Waals surface area contributed by atoms with Gasteiger partial charge in [-0.3, -0.25) is 4.79 Å². The van der Waals surface area contributed by atoms with E-state index in [-0.39, 0.29) is 16.9 Å². The molecule has 0 aromatic carbocycles. The van der Waals surface area contributed by atoms with E-state index in [1.54, 1.807) is 0 Å². The van der Waals surface area contributed by atoms with Crippen molar-refractivity contribution >= 4 is 5.97 Å². The minimum absolute atomic E-state index is 0.0615. The van der Waals surface area contributed by atoms with Gasteiger partial charge in [-0.15, -0.1) is 0 Å². The highest BCUT2D eigenvalue weighted by atomic mass is 16.5. The van der Waals surface area contributed by atoms with Gasteiger partial charge in [-0.25, -0.2) is 0 Å². The predicted molar refractivity (Wildman–Crippen MR) is 87.9 cm³/mol. The van der Waals surface area contributed by atoms with Crippen LogP contribution in [0.1, 0.15) is 75.7 Å².